The van der Waals surface area contributed by atoms with E-state index in [1.807, 2.05) is 30.3 Å². The van der Waals surface area contributed by atoms with Crippen LogP contribution in [0.5, 0.6) is 0 Å². The average molecular weight is 326 g/mol. The summed E-state index contributed by atoms with van der Waals surface area (Å²) in [4.78, 5) is 10.4. The van der Waals surface area contributed by atoms with Gasteiger partial charge in [-0.2, -0.15) is 0 Å². The van der Waals surface area contributed by atoms with Crippen LogP contribution in [0.3, 0.4) is 0 Å². The summed E-state index contributed by atoms with van der Waals surface area (Å²) in [5.41, 5.74) is 1.03. The number of rotatable bonds is 3. The first-order chi connectivity index (χ1) is 6.13. The molecule has 1 nitrogen and oxygen atoms in total. The van der Waals surface area contributed by atoms with E-state index < -0.39 is 10.1 Å². The van der Waals surface area contributed by atoms with Gasteiger partial charge in [0.25, 0.3) is 0 Å². The molecule has 13 heavy (non-hydrogen) atoms. The minimum atomic E-state index is -0.397. The van der Waals surface area contributed by atoms with Crippen LogP contribution in [0.1, 0.15) is 10.4 Å². The van der Waals surface area contributed by atoms with Crippen molar-refractivity contribution in [1.29, 1.82) is 0 Å². The van der Waals surface area contributed by atoms with Crippen LogP contribution < -0.4 is 0 Å². The zero-order valence-electron chi connectivity index (χ0n) is 6.58. The van der Waals surface area contributed by atoms with Gasteiger partial charge in [0, 0.05) is 0 Å². The third-order valence-electron chi connectivity index (χ3n) is 1.59. The second-order valence-electron chi connectivity index (χ2n) is 2.52. The fraction of sp³-hybridized carbons (Fsp3) is 0.222. The Morgan fingerprint density at radius 2 is 1.77 bits per heavy atom. The molecule has 0 saturated carbocycles. The lowest BCUT2D eigenvalue weighted by atomic mass is 10.1. The first kappa shape index (κ1) is 11.2. The summed E-state index contributed by atoms with van der Waals surface area (Å²) in [6.45, 7) is 0. The van der Waals surface area contributed by atoms with Crippen LogP contribution in [0, 0.1) is 0 Å². The van der Waals surface area contributed by atoms with Crippen molar-refractivity contribution in [2.75, 3.05) is 0 Å². The monoisotopic (exact) mass is 324 g/mol. The van der Waals surface area contributed by atoms with Crippen molar-refractivity contribution < 1.29 is 4.79 Å². The molecule has 0 spiro atoms. The van der Waals surface area contributed by atoms with E-state index in [4.69, 9.17) is 11.6 Å². The number of halogens is 3. The maximum atomic E-state index is 10.8. The molecular formula is C9H7Br2ClO. The zero-order valence-corrected chi connectivity index (χ0v) is 10.5. The molecule has 4 heteroatoms. The number of alkyl halides is 2. The Labute approximate surface area is 98.7 Å². The molecule has 0 saturated heterocycles. The number of benzene rings is 1. The smallest absolute Gasteiger partial charge is 0.236 e. The molecule has 0 aliphatic rings. The van der Waals surface area contributed by atoms with E-state index >= 15 is 0 Å². The highest BCUT2D eigenvalue weighted by Crippen LogP contribution is 2.32. The Balaban J connectivity index is 2.79. The summed E-state index contributed by atoms with van der Waals surface area (Å²) in [7, 11) is 0. The Hall–Kier alpha value is 0.140. The van der Waals surface area contributed by atoms with Gasteiger partial charge in [-0.25, -0.2) is 0 Å². The Kier molecular flexibility index (Phi) is 4.42. The van der Waals surface area contributed by atoms with E-state index in [0.29, 0.717) is 0 Å². The summed E-state index contributed by atoms with van der Waals surface area (Å²) in [5.74, 6) is 0. The van der Waals surface area contributed by atoms with Gasteiger partial charge < -0.3 is 0 Å². The van der Waals surface area contributed by atoms with E-state index in [9.17, 15) is 4.79 Å². The van der Waals surface area contributed by atoms with Crippen molar-refractivity contribution >= 4 is 48.7 Å². The molecule has 0 bridgehead atoms. The first-order valence-electron chi connectivity index (χ1n) is 3.65. The van der Waals surface area contributed by atoms with E-state index in [1.165, 1.54) is 0 Å². The fourth-order valence-electron chi connectivity index (χ4n) is 0.921. The molecule has 0 heterocycles. The molecule has 2 atom stereocenters. The second-order valence-corrected chi connectivity index (χ2v) is 4.86. The van der Waals surface area contributed by atoms with Gasteiger partial charge in [-0.3, -0.25) is 4.79 Å². The molecule has 1 rings (SSSR count). The average Bonchev–Trinajstić information content (AvgIpc) is 2.17. The summed E-state index contributed by atoms with van der Waals surface area (Å²) in [6.07, 6.45) is 0. The van der Waals surface area contributed by atoms with Gasteiger partial charge in [0.2, 0.25) is 5.24 Å². The standard InChI is InChI=1S/C9H7Br2ClO/c10-7(8(11)9(12)13)6-4-2-1-3-5-6/h1-5,7-8H/t7-,8+/m1/s1. The summed E-state index contributed by atoms with van der Waals surface area (Å²) < 4.78 is 0. The van der Waals surface area contributed by atoms with Crippen LogP contribution in [-0.2, 0) is 4.79 Å². The van der Waals surface area contributed by atoms with Crippen LogP contribution in [0.25, 0.3) is 0 Å². The molecule has 0 aliphatic carbocycles. The quantitative estimate of drug-likeness (QED) is 0.612. The van der Waals surface area contributed by atoms with Crippen molar-refractivity contribution in [1.82, 2.24) is 0 Å². The van der Waals surface area contributed by atoms with Crippen molar-refractivity contribution in [2.24, 2.45) is 0 Å². The SMILES string of the molecule is O=C(Cl)[C@@H](Br)[C@H](Br)c1ccccc1. The lowest BCUT2D eigenvalue weighted by Crippen LogP contribution is -2.13. The van der Waals surface area contributed by atoms with Gasteiger partial charge >= 0.3 is 0 Å². The highest BCUT2D eigenvalue weighted by molar-refractivity contribution is 9.12. The van der Waals surface area contributed by atoms with Gasteiger partial charge in [0.1, 0.15) is 4.83 Å². The molecule has 0 amide bonds. The number of hydrogen-bond donors (Lipinski definition) is 0. The van der Waals surface area contributed by atoms with Crippen molar-refractivity contribution in [3.8, 4) is 0 Å². The minimum absolute atomic E-state index is 0.0845. The van der Waals surface area contributed by atoms with Crippen molar-refractivity contribution in [3.05, 3.63) is 35.9 Å². The lowest BCUT2D eigenvalue weighted by molar-refractivity contribution is -0.111. The molecule has 0 aliphatic heterocycles. The largest absolute Gasteiger partial charge is 0.280 e. The van der Waals surface area contributed by atoms with Crippen LogP contribution in [-0.4, -0.2) is 10.1 Å². The third-order valence-corrected chi connectivity index (χ3v) is 4.80. The lowest BCUT2D eigenvalue weighted by Gasteiger charge is -2.12. The number of carbonyl (C=O) groups is 1. The van der Waals surface area contributed by atoms with Crippen LogP contribution >= 0.6 is 43.5 Å². The molecule has 70 valence electrons. The molecule has 0 N–H and O–H groups in total. The van der Waals surface area contributed by atoms with Gasteiger partial charge in [0.15, 0.2) is 0 Å². The minimum Gasteiger partial charge on any atom is -0.280 e. The number of carbonyl (C=O) groups excluding carboxylic acids is 1. The highest BCUT2D eigenvalue weighted by Gasteiger charge is 2.22. The second kappa shape index (κ2) is 5.13. The topological polar surface area (TPSA) is 17.1 Å². The molecule has 0 fully saturated rings. The maximum absolute atomic E-state index is 10.8. The first-order valence-corrected chi connectivity index (χ1v) is 5.86. The number of hydrogen-bond acceptors (Lipinski definition) is 1. The highest BCUT2D eigenvalue weighted by atomic mass is 79.9. The Morgan fingerprint density at radius 3 is 2.23 bits per heavy atom. The van der Waals surface area contributed by atoms with Crippen molar-refractivity contribution in [3.63, 3.8) is 0 Å². The van der Waals surface area contributed by atoms with E-state index in [-0.39, 0.29) is 4.83 Å². The Bertz CT molecular complexity index is 289. The fourth-order valence-corrected chi connectivity index (χ4v) is 2.05. The van der Waals surface area contributed by atoms with Gasteiger partial charge in [0.05, 0.1) is 4.83 Å². The Morgan fingerprint density at radius 1 is 1.23 bits per heavy atom. The summed E-state index contributed by atoms with van der Waals surface area (Å²) >= 11 is 12.0. The molecule has 1 aromatic carbocycles. The predicted octanol–water partition coefficient (Wildman–Crippen LogP) is 3.65. The van der Waals surface area contributed by atoms with Gasteiger partial charge in [-0.1, -0.05) is 62.2 Å². The maximum Gasteiger partial charge on any atom is 0.236 e. The van der Waals surface area contributed by atoms with Crippen LogP contribution in [0.2, 0.25) is 0 Å². The molecule has 0 aromatic heterocycles. The normalized spacial score (nSPS) is 15.0. The van der Waals surface area contributed by atoms with E-state index in [2.05, 4.69) is 31.9 Å². The predicted molar refractivity (Wildman–Crippen MR) is 61.7 cm³/mol. The molecule has 0 radical (unpaired) electrons. The van der Waals surface area contributed by atoms with Crippen LogP contribution in [0.4, 0.5) is 0 Å². The molecular weight excluding hydrogens is 319 g/mol. The molecule has 1 aromatic rings. The van der Waals surface area contributed by atoms with Gasteiger partial charge in [-0.15, -0.1) is 0 Å². The van der Waals surface area contributed by atoms with E-state index in [1.54, 1.807) is 0 Å². The molecule has 0 unspecified atom stereocenters. The van der Waals surface area contributed by atoms with Crippen LogP contribution in [0.15, 0.2) is 30.3 Å². The third kappa shape index (κ3) is 3.08. The van der Waals surface area contributed by atoms with Crippen molar-refractivity contribution in [2.45, 2.75) is 9.65 Å². The summed E-state index contributed by atoms with van der Waals surface area (Å²) in [5, 5.41) is -0.397. The summed E-state index contributed by atoms with van der Waals surface area (Å²) in [6, 6.07) is 9.64. The van der Waals surface area contributed by atoms with Gasteiger partial charge in [-0.05, 0) is 17.2 Å². The zero-order chi connectivity index (χ0) is 9.84. The van der Waals surface area contributed by atoms with E-state index in [0.717, 1.165) is 5.56 Å².